The van der Waals surface area contributed by atoms with Gasteiger partial charge in [-0.05, 0) is 42.0 Å². The number of carbonyl (C=O) groups is 1. The van der Waals surface area contributed by atoms with E-state index in [2.05, 4.69) is 4.72 Å². The Morgan fingerprint density at radius 1 is 1.09 bits per heavy atom. The zero-order valence-electron chi connectivity index (χ0n) is 11.2. The van der Waals surface area contributed by atoms with E-state index < -0.39 is 16.0 Å². The molecule has 0 aliphatic rings. The second-order valence-electron chi connectivity index (χ2n) is 4.35. The van der Waals surface area contributed by atoms with Crippen molar-refractivity contribution in [3.05, 3.63) is 70.1 Å². The Kier molecular flexibility index (Phi) is 4.85. The van der Waals surface area contributed by atoms with Crippen LogP contribution < -0.4 is 4.72 Å². The molecule has 2 aromatic carbocycles. The minimum absolute atomic E-state index is 0.0783. The minimum atomic E-state index is -3.72. The highest BCUT2D eigenvalue weighted by atomic mass is 35.5. The Labute approximate surface area is 132 Å². The lowest BCUT2D eigenvalue weighted by atomic mass is 10.2. The van der Waals surface area contributed by atoms with Gasteiger partial charge in [-0.1, -0.05) is 29.8 Å². The molecular weight excluding hydrogens is 326 g/mol. The molecule has 5 nitrogen and oxygen atoms in total. The normalized spacial score (nSPS) is 11.5. The monoisotopic (exact) mass is 337 g/mol. The maximum Gasteiger partial charge on any atom is 0.335 e. The summed E-state index contributed by atoms with van der Waals surface area (Å²) in [6.07, 6.45) is 1.39. The van der Waals surface area contributed by atoms with E-state index >= 15 is 0 Å². The first-order valence-corrected chi connectivity index (χ1v) is 8.08. The quantitative estimate of drug-likeness (QED) is 0.875. The van der Waals surface area contributed by atoms with Gasteiger partial charge in [0.2, 0.25) is 0 Å². The van der Waals surface area contributed by atoms with Crippen LogP contribution in [0.5, 0.6) is 0 Å². The molecule has 0 spiro atoms. The third-order valence-corrected chi connectivity index (χ3v) is 4.08. The van der Waals surface area contributed by atoms with E-state index in [-0.39, 0.29) is 11.3 Å². The Morgan fingerprint density at radius 3 is 2.32 bits per heavy atom. The SMILES string of the molecule is O=C(O)c1ccc(NS(=O)(=O)/C=C/c2ccccc2Cl)cc1. The second-order valence-corrected chi connectivity index (χ2v) is 6.33. The molecule has 2 aromatic rings. The molecule has 7 heteroatoms. The first-order valence-electron chi connectivity index (χ1n) is 6.16. The second kappa shape index (κ2) is 6.64. The van der Waals surface area contributed by atoms with Crippen LogP contribution in [0.1, 0.15) is 15.9 Å². The molecule has 0 saturated heterocycles. The summed E-state index contributed by atoms with van der Waals surface area (Å²) >= 11 is 5.94. The van der Waals surface area contributed by atoms with Crippen molar-refractivity contribution in [2.24, 2.45) is 0 Å². The van der Waals surface area contributed by atoms with Gasteiger partial charge in [-0.2, -0.15) is 0 Å². The molecule has 0 fully saturated rings. The molecule has 0 amide bonds. The smallest absolute Gasteiger partial charge is 0.335 e. The molecule has 0 saturated carbocycles. The minimum Gasteiger partial charge on any atom is -0.478 e. The van der Waals surface area contributed by atoms with E-state index in [4.69, 9.17) is 16.7 Å². The number of hydrogen-bond donors (Lipinski definition) is 2. The number of carboxylic acid groups (broad SMARTS) is 1. The molecule has 0 aliphatic heterocycles. The fourth-order valence-corrected chi connectivity index (χ4v) is 2.71. The van der Waals surface area contributed by atoms with Crippen LogP contribution in [0, 0.1) is 0 Å². The summed E-state index contributed by atoms with van der Waals surface area (Å²) in [5.74, 6) is -1.08. The first kappa shape index (κ1) is 16.1. The van der Waals surface area contributed by atoms with Gasteiger partial charge in [0, 0.05) is 10.7 Å². The average molecular weight is 338 g/mol. The number of halogens is 1. The van der Waals surface area contributed by atoms with Crippen LogP contribution in [0.2, 0.25) is 5.02 Å². The van der Waals surface area contributed by atoms with Gasteiger partial charge in [-0.15, -0.1) is 0 Å². The summed E-state index contributed by atoms with van der Waals surface area (Å²) in [5.41, 5.74) is 0.930. The lowest BCUT2D eigenvalue weighted by Gasteiger charge is -2.05. The van der Waals surface area contributed by atoms with Gasteiger partial charge < -0.3 is 5.11 Å². The van der Waals surface area contributed by atoms with Crippen LogP contribution in [-0.4, -0.2) is 19.5 Å². The third kappa shape index (κ3) is 4.34. The van der Waals surface area contributed by atoms with Gasteiger partial charge in [0.05, 0.1) is 11.0 Å². The molecule has 22 heavy (non-hydrogen) atoms. The number of nitrogens with one attached hydrogen (secondary N) is 1. The molecule has 2 N–H and O–H groups in total. The van der Waals surface area contributed by atoms with E-state index in [0.29, 0.717) is 10.6 Å². The number of hydrogen-bond acceptors (Lipinski definition) is 3. The highest BCUT2D eigenvalue weighted by molar-refractivity contribution is 7.95. The predicted molar refractivity (Wildman–Crippen MR) is 86.4 cm³/mol. The van der Waals surface area contributed by atoms with Crippen molar-refractivity contribution in [2.75, 3.05) is 4.72 Å². The van der Waals surface area contributed by atoms with Gasteiger partial charge >= 0.3 is 5.97 Å². The standard InChI is InChI=1S/C15H12ClNO4S/c16-14-4-2-1-3-11(14)9-10-22(20,21)17-13-7-5-12(6-8-13)15(18)19/h1-10,17H,(H,18,19)/b10-9+. The van der Waals surface area contributed by atoms with Crippen LogP contribution in [0.4, 0.5) is 5.69 Å². The van der Waals surface area contributed by atoms with Crippen molar-refractivity contribution < 1.29 is 18.3 Å². The van der Waals surface area contributed by atoms with Crippen molar-refractivity contribution in [3.8, 4) is 0 Å². The van der Waals surface area contributed by atoms with Crippen LogP contribution >= 0.6 is 11.6 Å². The number of carboxylic acids is 1. The van der Waals surface area contributed by atoms with Crippen molar-refractivity contribution >= 4 is 39.4 Å². The molecule has 0 heterocycles. The Balaban J connectivity index is 2.14. The topological polar surface area (TPSA) is 83.5 Å². The van der Waals surface area contributed by atoms with Crippen molar-refractivity contribution in [2.45, 2.75) is 0 Å². The van der Waals surface area contributed by atoms with E-state index in [9.17, 15) is 13.2 Å². The lowest BCUT2D eigenvalue weighted by Crippen LogP contribution is -2.09. The summed E-state index contributed by atoms with van der Waals surface area (Å²) in [7, 11) is -3.72. The highest BCUT2D eigenvalue weighted by Crippen LogP contribution is 2.18. The van der Waals surface area contributed by atoms with Crippen molar-refractivity contribution in [1.82, 2.24) is 0 Å². The molecular formula is C15H12ClNO4S. The molecule has 0 radical (unpaired) electrons. The molecule has 0 bridgehead atoms. The molecule has 114 valence electrons. The molecule has 0 aliphatic carbocycles. The fourth-order valence-electron chi connectivity index (χ4n) is 1.65. The van der Waals surface area contributed by atoms with Crippen LogP contribution in [0.25, 0.3) is 6.08 Å². The van der Waals surface area contributed by atoms with Crippen LogP contribution in [0.3, 0.4) is 0 Å². The number of rotatable bonds is 5. The number of aromatic carboxylic acids is 1. The summed E-state index contributed by atoms with van der Waals surface area (Å²) in [6.45, 7) is 0. The maximum absolute atomic E-state index is 11.9. The van der Waals surface area contributed by atoms with E-state index in [1.54, 1.807) is 24.3 Å². The summed E-state index contributed by atoms with van der Waals surface area (Å²) in [5, 5.41) is 10.2. The van der Waals surface area contributed by atoms with Crippen molar-refractivity contribution in [1.29, 1.82) is 0 Å². The molecule has 0 unspecified atom stereocenters. The maximum atomic E-state index is 11.9. The van der Waals surface area contributed by atoms with Crippen molar-refractivity contribution in [3.63, 3.8) is 0 Å². The Bertz CT molecular complexity index is 814. The predicted octanol–water partition coefficient (Wildman–Crippen LogP) is 3.45. The van der Waals surface area contributed by atoms with Gasteiger partial charge in [-0.3, -0.25) is 4.72 Å². The van der Waals surface area contributed by atoms with E-state index in [1.165, 1.54) is 30.3 Å². The Morgan fingerprint density at radius 2 is 1.73 bits per heavy atom. The largest absolute Gasteiger partial charge is 0.478 e. The van der Waals surface area contributed by atoms with Gasteiger partial charge in [0.15, 0.2) is 0 Å². The molecule has 2 rings (SSSR count). The molecule has 0 aromatic heterocycles. The number of anilines is 1. The van der Waals surface area contributed by atoms with Crippen LogP contribution in [-0.2, 0) is 10.0 Å². The first-order chi connectivity index (χ1) is 10.4. The number of benzene rings is 2. The summed E-state index contributed by atoms with van der Waals surface area (Å²) in [4.78, 5) is 10.7. The fraction of sp³-hybridized carbons (Fsp3) is 0. The molecule has 0 atom stereocenters. The number of sulfonamides is 1. The van der Waals surface area contributed by atoms with Gasteiger partial charge in [0.25, 0.3) is 10.0 Å². The highest BCUT2D eigenvalue weighted by Gasteiger charge is 2.07. The summed E-state index contributed by atoms with van der Waals surface area (Å²) < 4.78 is 26.2. The lowest BCUT2D eigenvalue weighted by molar-refractivity contribution is 0.0697. The average Bonchev–Trinajstić information content (AvgIpc) is 2.46. The van der Waals surface area contributed by atoms with Gasteiger partial charge in [0.1, 0.15) is 0 Å². The zero-order chi connectivity index (χ0) is 16.2. The summed E-state index contributed by atoms with van der Waals surface area (Å²) in [6, 6.07) is 12.2. The zero-order valence-corrected chi connectivity index (χ0v) is 12.8. The van der Waals surface area contributed by atoms with E-state index in [1.807, 2.05) is 0 Å². The Hall–Kier alpha value is -2.31. The third-order valence-electron chi connectivity index (χ3n) is 2.72. The van der Waals surface area contributed by atoms with Crippen LogP contribution in [0.15, 0.2) is 53.9 Å². The van der Waals surface area contributed by atoms with Gasteiger partial charge in [-0.25, -0.2) is 13.2 Å². The van der Waals surface area contributed by atoms with E-state index in [0.717, 1.165) is 5.41 Å².